The molecule has 0 fully saturated rings. The predicted octanol–water partition coefficient (Wildman–Crippen LogP) is 4.16. The summed E-state index contributed by atoms with van der Waals surface area (Å²) in [4.78, 5) is 7.00. The maximum absolute atomic E-state index is 13.5. The largest absolute Gasteiger partial charge is 0.338 e. The van der Waals surface area contributed by atoms with Gasteiger partial charge >= 0.3 is 0 Å². The number of benzene rings is 2. The second-order valence-corrected chi connectivity index (χ2v) is 4.29. The maximum Gasteiger partial charge on any atom is 0.186 e. The van der Waals surface area contributed by atoms with Crippen molar-refractivity contribution in [3.8, 4) is 11.4 Å². The van der Waals surface area contributed by atoms with Gasteiger partial charge in [-0.15, -0.1) is 0 Å². The molecule has 2 nitrogen and oxygen atoms in total. The molecule has 0 bridgehead atoms. The number of imidazole rings is 1. The minimum atomic E-state index is -0.941. The van der Waals surface area contributed by atoms with E-state index < -0.39 is 11.6 Å². The van der Waals surface area contributed by atoms with Gasteiger partial charge in [-0.05, 0) is 36.4 Å². The first-order valence-electron chi connectivity index (χ1n) is 5.25. The van der Waals surface area contributed by atoms with Crippen molar-refractivity contribution in [3.05, 3.63) is 53.1 Å². The van der Waals surface area contributed by atoms with Crippen molar-refractivity contribution in [3.63, 3.8) is 0 Å². The Morgan fingerprint density at radius 3 is 2.44 bits per heavy atom. The summed E-state index contributed by atoms with van der Waals surface area (Å²) in [6, 6.07) is 9.46. The Labute approximate surface area is 106 Å². The van der Waals surface area contributed by atoms with Crippen LogP contribution in [0.2, 0.25) is 5.02 Å². The van der Waals surface area contributed by atoms with Gasteiger partial charge in [0.05, 0.1) is 5.52 Å². The van der Waals surface area contributed by atoms with Gasteiger partial charge in [-0.25, -0.2) is 13.8 Å². The number of rotatable bonds is 1. The van der Waals surface area contributed by atoms with E-state index in [4.69, 9.17) is 11.6 Å². The van der Waals surface area contributed by atoms with Crippen molar-refractivity contribution in [1.29, 1.82) is 0 Å². The molecule has 0 aliphatic carbocycles. The van der Waals surface area contributed by atoms with E-state index in [2.05, 4.69) is 9.97 Å². The summed E-state index contributed by atoms with van der Waals surface area (Å²) in [5, 5.41) is 0.604. The smallest absolute Gasteiger partial charge is 0.186 e. The highest BCUT2D eigenvalue weighted by Gasteiger charge is 2.12. The average Bonchev–Trinajstić information content (AvgIpc) is 2.80. The zero-order valence-corrected chi connectivity index (χ0v) is 9.80. The third-order valence-electron chi connectivity index (χ3n) is 2.66. The first kappa shape index (κ1) is 11.2. The molecule has 5 heteroatoms. The second kappa shape index (κ2) is 4.07. The molecule has 3 aromatic rings. The summed E-state index contributed by atoms with van der Waals surface area (Å²) in [7, 11) is 0. The Balaban J connectivity index is 2.19. The van der Waals surface area contributed by atoms with E-state index in [-0.39, 0.29) is 5.52 Å². The molecule has 1 aromatic heterocycles. The fraction of sp³-hybridized carbons (Fsp3) is 0. The molecule has 0 spiro atoms. The van der Waals surface area contributed by atoms with Crippen LogP contribution in [0.3, 0.4) is 0 Å². The van der Waals surface area contributed by atoms with Crippen LogP contribution in [0, 0.1) is 11.6 Å². The van der Waals surface area contributed by atoms with Gasteiger partial charge in [-0.2, -0.15) is 0 Å². The number of H-pyrrole nitrogens is 1. The third-order valence-corrected chi connectivity index (χ3v) is 2.92. The molecule has 0 aliphatic rings. The number of aromatic nitrogens is 2. The number of hydrogen-bond acceptors (Lipinski definition) is 1. The molecule has 0 radical (unpaired) electrons. The van der Waals surface area contributed by atoms with Crippen molar-refractivity contribution in [2.45, 2.75) is 0 Å². The number of nitrogens with one attached hydrogen (secondary N) is 1. The van der Waals surface area contributed by atoms with Gasteiger partial charge in [0.15, 0.2) is 11.6 Å². The molecule has 18 heavy (non-hydrogen) atoms. The monoisotopic (exact) mass is 264 g/mol. The molecule has 0 saturated carbocycles. The Bertz CT molecular complexity index is 720. The number of halogens is 3. The van der Waals surface area contributed by atoms with Crippen molar-refractivity contribution >= 4 is 22.6 Å². The standard InChI is InChI=1S/C13H7ClF2N2/c14-8-3-1-7(2-4-8)13-17-10-6-5-9(15)11(16)12(10)18-13/h1-6H,(H,17,18). The van der Waals surface area contributed by atoms with E-state index in [1.807, 2.05) is 0 Å². The van der Waals surface area contributed by atoms with Crippen molar-refractivity contribution < 1.29 is 8.78 Å². The topological polar surface area (TPSA) is 28.7 Å². The lowest BCUT2D eigenvalue weighted by molar-refractivity contribution is 0.515. The average molecular weight is 265 g/mol. The summed E-state index contributed by atoms with van der Waals surface area (Å²) >= 11 is 5.78. The van der Waals surface area contributed by atoms with E-state index in [1.54, 1.807) is 24.3 Å². The van der Waals surface area contributed by atoms with E-state index in [1.165, 1.54) is 6.07 Å². The molecule has 3 rings (SSSR count). The Morgan fingerprint density at radius 1 is 1.00 bits per heavy atom. The van der Waals surface area contributed by atoms with Crippen LogP contribution in [0.4, 0.5) is 8.78 Å². The fourth-order valence-electron chi connectivity index (χ4n) is 1.76. The molecule has 0 saturated heterocycles. The molecule has 90 valence electrons. The highest BCUT2D eigenvalue weighted by molar-refractivity contribution is 6.30. The quantitative estimate of drug-likeness (QED) is 0.702. The van der Waals surface area contributed by atoms with E-state index in [0.717, 1.165) is 11.6 Å². The van der Waals surface area contributed by atoms with Crippen LogP contribution in [0.1, 0.15) is 0 Å². The van der Waals surface area contributed by atoms with Crippen molar-refractivity contribution in [2.75, 3.05) is 0 Å². The molecule has 1 heterocycles. The van der Waals surface area contributed by atoms with Crippen LogP contribution in [-0.4, -0.2) is 9.97 Å². The molecule has 0 aliphatic heterocycles. The molecular weight excluding hydrogens is 258 g/mol. The number of nitrogens with zero attached hydrogens (tertiary/aromatic N) is 1. The van der Waals surface area contributed by atoms with Gasteiger partial charge in [0.1, 0.15) is 11.3 Å². The zero-order chi connectivity index (χ0) is 12.7. The normalized spacial score (nSPS) is 11.1. The first-order chi connectivity index (χ1) is 8.65. The van der Waals surface area contributed by atoms with Crippen LogP contribution in [0.15, 0.2) is 36.4 Å². The lowest BCUT2D eigenvalue weighted by atomic mass is 10.2. The minimum absolute atomic E-state index is 0.0000463. The molecular formula is C13H7ClF2N2. The SMILES string of the molecule is Fc1ccc2[nH]c(-c3ccc(Cl)cc3)nc2c1F. The van der Waals surface area contributed by atoms with Crippen LogP contribution < -0.4 is 0 Å². The lowest BCUT2D eigenvalue weighted by Crippen LogP contribution is -1.84. The summed E-state index contributed by atoms with van der Waals surface area (Å²) in [5.41, 5.74) is 1.22. The van der Waals surface area contributed by atoms with Gasteiger partial charge in [-0.3, -0.25) is 0 Å². The van der Waals surface area contributed by atoms with Gasteiger partial charge < -0.3 is 4.98 Å². The van der Waals surface area contributed by atoms with Gasteiger partial charge in [-0.1, -0.05) is 11.6 Å². The number of aromatic amines is 1. The Hall–Kier alpha value is -1.94. The van der Waals surface area contributed by atoms with Crippen LogP contribution in [0.5, 0.6) is 0 Å². The van der Waals surface area contributed by atoms with E-state index in [9.17, 15) is 8.78 Å². The van der Waals surface area contributed by atoms with Gasteiger partial charge in [0.2, 0.25) is 0 Å². The molecule has 0 atom stereocenters. The molecule has 1 N–H and O–H groups in total. The molecule has 0 amide bonds. The van der Waals surface area contributed by atoms with E-state index in [0.29, 0.717) is 16.4 Å². The maximum atomic E-state index is 13.5. The summed E-state index contributed by atoms with van der Waals surface area (Å²) in [6.07, 6.45) is 0. The Kier molecular flexibility index (Phi) is 2.52. The zero-order valence-electron chi connectivity index (χ0n) is 9.05. The third kappa shape index (κ3) is 1.75. The number of hydrogen-bond donors (Lipinski definition) is 1. The van der Waals surface area contributed by atoms with Crippen molar-refractivity contribution in [2.24, 2.45) is 0 Å². The second-order valence-electron chi connectivity index (χ2n) is 3.85. The predicted molar refractivity (Wildman–Crippen MR) is 66.5 cm³/mol. The van der Waals surface area contributed by atoms with Crippen LogP contribution in [-0.2, 0) is 0 Å². The molecule has 0 unspecified atom stereocenters. The summed E-state index contributed by atoms with van der Waals surface area (Å²) in [5.74, 6) is -1.37. The highest BCUT2D eigenvalue weighted by atomic mass is 35.5. The van der Waals surface area contributed by atoms with Crippen LogP contribution >= 0.6 is 11.6 Å². The summed E-state index contributed by atoms with van der Waals surface area (Å²) < 4.78 is 26.6. The fourth-order valence-corrected chi connectivity index (χ4v) is 1.89. The van der Waals surface area contributed by atoms with Crippen LogP contribution in [0.25, 0.3) is 22.4 Å². The van der Waals surface area contributed by atoms with Gasteiger partial charge in [0.25, 0.3) is 0 Å². The highest BCUT2D eigenvalue weighted by Crippen LogP contribution is 2.24. The van der Waals surface area contributed by atoms with Crippen molar-refractivity contribution in [1.82, 2.24) is 9.97 Å². The Morgan fingerprint density at radius 2 is 1.72 bits per heavy atom. The number of fused-ring (bicyclic) bond motifs is 1. The molecule has 2 aromatic carbocycles. The van der Waals surface area contributed by atoms with Gasteiger partial charge in [0, 0.05) is 10.6 Å². The lowest BCUT2D eigenvalue weighted by Gasteiger charge is -1.95. The minimum Gasteiger partial charge on any atom is -0.338 e. The summed E-state index contributed by atoms with van der Waals surface area (Å²) in [6.45, 7) is 0. The van der Waals surface area contributed by atoms with E-state index >= 15 is 0 Å². The first-order valence-corrected chi connectivity index (χ1v) is 5.62.